The number of hydrogen-bond acceptors (Lipinski definition) is 3. The van der Waals surface area contributed by atoms with Crippen molar-refractivity contribution in [1.82, 2.24) is 4.90 Å². The predicted molar refractivity (Wildman–Crippen MR) is 70.8 cm³/mol. The third-order valence-electron chi connectivity index (χ3n) is 2.48. The van der Waals surface area contributed by atoms with Crippen LogP contribution in [0.15, 0.2) is 24.3 Å². The maximum absolute atomic E-state index is 13.3. The Morgan fingerprint density at radius 3 is 2.68 bits per heavy atom. The van der Waals surface area contributed by atoms with Gasteiger partial charge < -0.3 is 9.84 Å². The molecule has 0 bridgehead atoms. The average molecular weight is 269 g/mol. The second kappa shape index (κ2) is 7.74. The molecular weight excluding hydrogens is 249 g/mol. The maximum Gasteiger partial charge on any atom is 0.317 e. The Morgan fingerprint density at radius 1 is 1.42 bits per heavy atom. The van der Waals surface area contributed by atoms with Gasteiger partial charge in [-0.25, -0.2) is 4.39 Å². The molecule has 0 saturated carbocycles. The van der Waals surface area contributed by atoms with E-state index in [1.165, 1.54) is 6.07 Å². The van der Waals surface area contributed by atoms with Crippen LogP contribution in [0.1, 0.15) is 13.8 Å². The number of nitrogens with zero attached hydrogens (tertiary/aromatic N) is 1. The molecule has 4 nitrogen and oxygen atoms in total. The number of rotatable bonds is 8. The molecule has 1 aromatic rings. The number of benzene rings is 1. The first-order valence-electron chi connectivity index (χ1n) is 6.30. The average Bonchev–Trinajstić information content (AvgIpc) is 2.30. The second-order valence-electron chi connectivity index (χ2n) is 4.80. The van der Waals surface area contributed by atoms with Crippen LogP contribution in [-0.2, 0) is 4.79 Å². The monoisotopic (exact) mass is 269 g/mol. The van der Waals surface area contributed by atoms with E-state index in [9.17, 15) is 9.18 Å². The van der Waals surface area contributed by atoms with Crippen molar-refractivity contribution in [3.63, 3.8) is 0 Å². The molecule has 0 heterocycles. The number of hydrogen-bond donors (Lipinski definition) is 1. The van der Waals surface area contributed by atoms with Crippen LogP contribution in [0.4, 0.5) is 4.39 Å². The Hall–Kier alpha value is -1.62. The molecule has 106 valence electrons. The van der Waals surface area contributed by atoms with Crippen LogP contribution in [0.25, 0.3) is 0 Å². The summed E-state index contributed by atoms with van der Waals surface area (Å²) < 4.78 is 18.6. The van der Waals surface area contributed by atoms with E-state index in [1.54, 1.807) is 23.1 Å². The number of para-hydroxylation sites is 1. The third kappa shape index (κ3) is 6.20. The molecule has 0 aliphatic carbocycles. The summed E-state index contributed by atoms with van der Waals surface area (Å²) in [5.41, 5.74) is 0. The van der Waals surface area contributed by atoms with Gasteiger partial charge in [0.1, 0.15) is 6.61 Å². The zero-order valence-electron chi connectivity index (χ0n) is 11.3. The molecule has 0 radical (unpaired) electrons. The molecule has 1 rings (SSSR count). The van der Waals surface area contributed by atoms with E-state index in [0.29, 0.717) is 19.0 Å². The summed E-state index contributed by atoms with van der Waals surface area (Å²) in [6, 6.07) is 6.18. The van der Waals surface area contributed by atoms with E-state index >= 15 is 0 Å². The summed E-state index contributed by atoms with van der Waals surface area (Å²) in [4.78, 5) is 12.5. The van der Waals surface area contributed by atoms with Gasteiger partial charge in [0.15, 0.2) is 11.6 Å². The van der Waals surface area contributed by atoms with Gasteiger partial charge in [0.2, 0.25) is 0 Å². The minimum absolute atomic E-state index is 0.0290. The van der Waals surface area contributed by atoms with Gasteiger partial charge in [0, 0.05) is 13.1 Å². The Balaban J connectivity index is 2.43. The van der Waals surface area contributed by atoms with Crippen LogP contribution in [-0.4, -0.2) is 42.2 Å². The van der Waals surface area contributed by atoms with E-state index in [0.717, 1.165) is 0 Å². The fourth-order valence-electron chi connectivity index (χ4n) is 1.79. The lowest BCUT2D eigenvalue weighted by Gasteiger charge is -2.22. The molecule has 0 unspecified atom stereocenters. The topological polar surface area (TPSA) is 49.8 Å². The number of halogens is 1. The minimum Gasteiger partial charge on any atom is -0.489 e. The first-order valence-corrected chi connectivity index (χ1v) is 6.30. The lowest BCUT2D eigenvalue weighted by atomic mass is 10.2. The van der Waals surface area contributed by atoms with E-state index < -0.39 is 11.8 Å². The molecule has 0 aromatic heterocycles. The van der Waals surface area contributed by atoms with Gasteiger partial charge in [-0.3, -0.25) is 9.69 Å². The molecule has 19 heavy (non-hydrogen) atoms. The standard InChI is InChI=1S/C14H20FNO3/c1-11(2)9-16(10-14(17)18)7-8-19-13-6-4-3-5-12(13)15/h3-6,11H,7-10H2,1-2H3,(H,17,18). The quantitative estimate of drug-likeness (QED) is 0.786. The summed E-state index contributed by atoms with van der Waals surface area (Å²) in [7, 11) is 0. The molecule has 1 aromatic carbocycles. The van der Waals surface area contributed by atoms with Crippen LogP contribution >= 0.6 is 0 Å². The fourth-order valence-corrected chi connectivity index (χ4v) is 1.79. The maximum atomic E-state index is 13.3. The number of ether oxygens (including phenoxy) is 1. The first kappa shape index (κ1) is 15.4. The number of carbonyl (C=O) groups is 1. The summed E-state index contributed by atoms with van der Waals surface area (Å²) >= 11 is 0. The van der Waals surface area contributed by atoms with Crippen LogP contribution in [0.3, 0.4) is 0 Å². The molecule has 5 heteroatoms. The molecule has 0 amide bonds. The molecule has 0 spiro atoms. The molecule has 0 aliphatic rings. The summed E-state index contributed by atoms with van der Waals surface area (Å²) in [5.74, 6) is -0.710. The van der Waals surface area contributed by atoms with Crippen molar-refractivity contribution < 1.29 is 19.0 Å². The van der Waals surface area contributed by atoms with Crippen molar-refractivity contribution >= 4 is 5.97 Å². The highest BCUT2D eigenvalue weighted by molar-refractivity contribution is 5.69. The third-order valence-corrected chi connectivity index (χ3v) is 2.48. The number of carboxylic acids is 1. The van der Waals surface area contributed by atoms with Gasteiger partial charge in [0.05, 0.1) is 6.54 Å². The Kier molecular flexibility index (Phi) is 6.29. The van der Waals surface area contributed by atoms with Crippen LogP contribution in [0, 0.1) is 11.7 Å². The summed E-state index contributed by atoms with van der Waals surface area (Å²) in [5, 5.41) is 8.81. The van der Waals surface area contributed by atoms with Gasteiger partial charge in [-0.2, -0.15) is 0 Å². The van der Waals surface area contributed by atoms with E-state index in [-0.39, 0.29) is 18.9 Å². The van der Waals surface area contributed by atoms with E-state index in [1.807, 2.05) is 13.8 Å². The summed E-state index contributed by atoms with van der Waals surface area (Å²) in [6.45, 7) is 5.41. The Labute approximate surface area is 112 Å². The smallest absolute Gasteiger partial charge is 0.317 e. The molecular formula is C14H20FNO3. The van der Waals surface area contributed by atoms with Crippen molar-refractivity contribution in [2.75, 3.05) is 26.2 Å². The molecule has 0 saturated heterocycles. The molecule has 0 aliphatic heterocycles. The van der Waals surface area contributed by atoms with Crippen LogP contribution in [0.2, 0.25) is 0 Å². The van der Waals surface area contributed by atoms with Crippen molar-refractivity contribution in [3.8, 4) is 5.75 Å². The van der Waals surface area contributed by atoms with Gasteiger partial charge in [-0.15, -0.1) is 0 Å². The van der Waals surface area contributed by atoms with Crippen molar-refractivity contribution in [2.45, 2.75) is 13.8 Å². The second-order valence-corrected chi connectivity index (χ2v) is 4.80. The predicted octanol–water partition coefficient (Wildman–Crippen LogP) is 2.25. The zero-order chi connectivity index (χ0) is 14.3. The van der Waals surface area contributed by atoms with E-state index in [4.69, 9.17) is 9.84 Å². The highest BCUT2D eigenvalue weighted by Crippen LogP contribution is 2.15. The fraction of sp³-hybridized carbons (Fsp3) is 0.500. The van der Waals surface area contributed by atoms with Crippen molar-refractivity contribution in [1.29, 1.82) is 0 Å². The van der Waals surface area contributed by atoms with Gasteiger partial charge >= 0.3 is 5.97 Å². The number of carboxylic acid groups (broad SMARTS) is 1. The SMILES string of the molecule is CC(C)CN(CCOc1ccccc1F)CC(=O)O. The van der Waals surface area contributed by atoms with Gasteiger partial charge in [-0.1, -0.05) is 26.0 Å². The molecule has 0 atom stereocenters. The highest BCUT2D eigenvalue weighted by atomic mass is 19.1. The lowest BCUT2D eigenvalue weighted by molar-refractivity contribution is -0.138. The van der Waals surface area contributed by atoms with E-state index in [2.05, 4.69) is 0 Å². The molecule has 1 N–H and O–H groups in total. The Bertz CT molecular complexity index is 409. The first-order chi connectivity index (χ1) is 8.99. The highest BCUT2D eigenvalue weighted by Gasteiger charge is 2.11. The van der Waals surface area contributed by atoms with Gasteiger partial charge in [-0.05, 0) is 18.1 Å². The normalized spacial score (nSPS) is 11.0. The van der Waals surface area contributed by atoms with Gasteiger partial charge in [0.25, 0.3) is 0 Å². The lowest BCUT2D eigenvalue weighted by Crippen LogP contribution is -2.36. The van der Waals surface area contributed by atoms with Crippen molar-refractivity contribution in [2.24, 2.45) is 5.92 Å². The number of aliphatic carboxylic acids is 1. The summed E-state index contributed by atoms with van der Waals surface area (Å²) in [6.07, 6.45) is 0. The zero-order valence-corrected chi connectivity index (χ0v) is 11.3. The van der Waals surface area contributed by atoms with Crippen LogP contribution in [0.5, 0.6) is 5.75 Å². The molecule has 0 fully saturated rings. The van der Waals surface area contributed by atoms with Crippen LogP contribution < -0.4 is 4.74 Å². The Morgan fingerprint density at radius 2 is 2.11 bits per heavy atom. The van der Waals surface area contributed by atoms with Crippen molar-refractivity contribution in [3.05, 3.63) is 30.1 Å². The largest absolute Gasteiger partial charge is 0.489 e. The minimum atomic E-state index is -0.869.